The number of hydrogen-bond donors (Lipinski definition) is 2. The highest BCUT2D eigenvalue weighted by molar-refractivity contribution is 5.78. The van der Waals surface area contributed by atoms with Gasteiger partial charge in [0.2, 0.25) is 0 Å². The molecule has 8 heteroatoms. The third kappa shape index (κ3) is 8.07. The number of hydrogen-bond acceptors (Lipinski definition) is 5. The van der Waals surface area contributed by atoms with E-state index in [-0.39, 0.29) is 18.7 Å². The summed E-state index contributed by atoms with van der Waals surface area (Å²) in [5.41, 5.74) is 4.74. The highest BCUT2D eigenvalue weighted by Gasteiger charge is 2.12. The smallest absolute Gasteiger partial charge is 0.307 e. The quantitative estimate of drug-likeness (QED) is 0.267. The van der Waals surface area contributed by atoms with Crippen molar-refractivity contribution >= 4 is 11.9 Å². The number of rotatable bonds is 9. The predicted molar refractivity (Wildman–Crippen MR) is 146 cm³/mol. The van der Waals surface area contributed by atoms with Crippen LogP contribution >= 0.6 is 0 Å². The molecule has 0 spiro atoms. The van der Waals surface area contributed by atoms with Gasteiger partial charge in [0.05, 0.1) is 34.2 Å². The maximum atomic E-state index is 12.9. The van der Waals surface area contributed by atoms with Crippen molar-refractivity contribution in [3.63, 3.8) is 0 Å². The van der Waals surface area contributed by atoms with Gasteiger partial charge in [-0.2, -0.15) is 0 Å². The van der Waals surface area contributed by atoms with E-state index in [1.165, 1.54) is 19.2 Å². The molecular formula is C31H29FO7. The summed E-state index contributed by atoms with van der Waals surface area (Å²) in [6.45, 7) is 0. The first-order valence-corrected chi connectivity index (χ1v) is 11.9. The molecule has 0 saturated heterocycles. The Balaban J connectivity index is 0.000000216. The Labute approximate surface area is 226 Å². The number of methoxy groups -OCH3 is 3. The first-order valence-electron chi connectivity index (χ1n) is 11.9. The van der Waals surface area contributed by atoms with Gasteiger partial charge in [0.1, 0.15) is 23.1 Å². The van der Waals surface area contributed by atoms with Crippen LogP contribution < -0.4 is 14.2 Å². The van der Waals surface area contributed by atoms with E-state index in [1.54, 1.807) is 50.6 Å². The van der Waals surface area contributed by atoms with Gasteiger partial charge < -0.3 is 24.4 Å². The van der Waals surface area contributed by atoms with Crippen LogP contribution in [0.4, 0.5) is 4.39 Å². The number of carbonyl (C=O) groups is 2. The molecule has 4 aromatic carbocycles. The standard InChI is InChI=1S/C16H16O4.C15H13FO3/c1-19-13-5-3-11(4-6-13)15-8-7-14(20-2)9-12(15)10-16(17)18;1-19-13-6-7-14(11(8-13)9-15(17)18)10-2-4-12(16)5-3-10/h3-9H,10H2,1-2H3,(H,17,18);2-8H,9H2,1H3,(H,17,18). The van der Waals surface area contributed by atoms with Crippen LogP contribution in [-0.2, 0) is 22.4 Å². The molecule has 0 aliphatic rings. The van der Waals surface area contributed by atoms with Crippen molar-refractivity contribution in [2.45, 2.75) is 12.8 Å². The average Bonchev–Trinajstić information content (AvgIpc) is 2.93. The van der Waals surface area contributed by atoms with Gasteiger partial charge in [-0.1, -0.05) is 36.4 Å². The highest BCUT2D eigenvalue weighted by Crippen LogP contribution is 2.30. The van der Waals surface area contributed by atoms with E-state index in [2.05, 4.69) is 0 Å². The summed E-state index contributed by atoms with van der Waals surface area (Å²) in [7, 11) is 4.70. The van der Waals surface area contributed by atoms with Crippen molar-refractivity contribution in [2.24, 2.45) is 0 Å². The van der Waals surface area contributed by atoms with Gasteiger partial charge >= 0.3 is 11.9 Å². The maximum Gasteiger partial charge on any atom is 0.307 e. The van der Waals surface area contributed by atoms with Crippen LogP contribution in [0.25, 0.3) is 22.3 Å². The van der Waals surface area contributed by atoms with E-state index in [0.29, 0.717) is 17.1 Å². The Morgan fingerprint density at radius 1 is 0.590 bits per heavy atom. The number of benzene rings is 4. The molecule has 0 saturated carbocycles. The Morgan fingerprint density at radius 2 is 0.949 bits per heavy atom. The Bertz CT molecular complexity index is 1410. The molecule has 0 fully saturated rings. The molecule has 7 nitrogen and oxygen atoms in total. The lowest BCUT2D eigenvalue weighted by Crippen LogP contribution is -2.02. The van der Waals surface area contributed by atoms with Crippen LogP contribution in [0.2, 0.25) is 0 Å². The van der Waals surface area contributed by atoms with Crippen molar-refractivity contribution in [2.75, 3.05) is 21.3 Å². The van der Waals surface area contributed by atoms with Gasteiger partial charge in [-0.15, -0.1) is 0 Å². The largest absolute Gasteiger partial charge is 0.497 e. The molecule has 0 amide bonds. The summed E-state index contributed by atoms with van der Waals surface area (Å²) in [5.74, 6) is -0.0932. The minimum atomic E-state index is -0.920. The van der Waals surface area contributed by atoms with Crippen LogP contribution in [0.15, 0.2) is 84.9 Å². The Hall–Kier alpha value is -4.85. The van der Waals surface area contributed by atoms with Gasteiger partial charge in [-0.05, 0) is 81.9 Å². The molecule has 0 aromatic heterocycles. The molecule has 4 rings (SSSR count). The van der Waals surface area contributed by atoms with Gasteiger partial charge in [0.25, 0.3) is 0 Å². The van der Waals surface area contributed by atoms with Crippen LogP contribution in [0.1, 0.15) is 11.1 Å². The topological polar surface area (TPSA) is 102 Å². The maximum absolute atomic E-state index is 12.9. The fourth-order valence-electron chi connectivity index (χ4n) is 3.98. The molecule has 39 heavy (non-hydrogen) atoms. The third-order valence-corrected chi connectivity index (χ3v) is 5.86. The van der Waals surface area contributed by atoms with Gasteiger partial charge in [-0.3, -0.25) is 9.59 Å². The second-order valence-electron chi connectivity index (χ2n) is 8.42. The molecule has 0 aliphatic heterocycles. The summed E-state index contributed by atoms with van der Waals surface area (Å²) >= 11 is 0. The number of carboxylic acids is 2. The fraction of sp³-hybridized carbons (Fsp3) is 0.161. The van der Waals surface area contributed by atoms with E-state index >= 15 is 0 Å². The van der Waals surface area contributed by atoms with E-state index in [1.807, 2.05) is 36.4 Å². The van der Waals surface area contributed by atoms with E-state index in [9.17, 15) is 14.0 Å². The van der Waals surface area contributed by atoms with Gasteiger partial charge in [0, 0.05) is 0 Å². The predicted octanol–water partition coefficient (Wildman–Crippen LogP) is 6.13. The van der Waals surface area contributed by atoms with Crippen LogP contribution in [0.5, 0.6) is 17.2 Å². The number of carboxylic acid groups (broad SMARTS) is 2. The van der Waals surface area contributed by atoms with Crippen molar-refractivity contribution < 1.29 is 38.4 Å². The second-order valence-corrected chi connectivity index (χ2v) is 8.42. The Kier molecular flexibility index (Phi) is 10.0. The van der Waals surface area contributed by atoms with E-state index < -0.39 is 11.9 Å². The van der Waals surface area contributed by atoms with Gasteiger partial charge in [0.15, 0.2) is 0 Å². The average molecular weight is 533 g/mol. The van der Waals surface area contributed by atoms with Crippen molar-refractivity contribution in [1.82, 2.24) is 0 Å². The SMILES string of the molecule is COc1ccc(-c2ccc(F)cc2)c(CC(=O)O)c1.COc1ccc(-c2ccc(OC)cc2CC(=O)O)cc1. The van der Waals surface area contributed by atoms with E-state index in [0.717, 1.165) is 33.6 Å². The molecule has 0 bridgehead atoms. The number of halogens is 1. The summed E-state index contributed by atoms with van der Waals surface area (Å²) < 4.78 is 28.3. The zero-order valence-corrected chi connectivity index (χ0v) is 21.8. The molecule has 4 aromatic rings. The molecule has 202 valence electrons. The second kappa shape index (κ2) is 13.6. The number of ether oxygens (including phenoxy) is 3. The zero-order valence-electron chi connectivity index (χ0n) is 21.8. The molecule has 0 radical (unpaired) electrons. The lowest BCUT2D eigenvalue weighted by atomic mass is 9.97. The van der Waals surface area contributed by atoms with Crippen molar-refractivity contribution in [1.29, 1.82) is 0 Å². The highest BCUT2D eigenvalue weighted by atomic mass is 19.1. The molecular weight excluding hydrogens is 503 g/mol. The number of aliphatic carboxylic acids is 2. The summed E-state index contributed by atoms with van der Waals surface area (Å²) in [6, 6.07) is 24.2. The first kappa shape index (κ1) is 28.7. The van der Waals surface area contributed by atoms with Crippen LogP contribution in [0.3, 0.4) is 0 Å². The lowest BCUT2D eigenvalue weighted by molar-refractivity contribution is -0.137. The van der Waals surface area contributed by atoms with Crippen molar-refractivity contribution in [3.8, 4) is 39.5 Å². The normalized spacial score (nSPS) is 10.2. The molecule has 0 atom stereocenters. The minimum absolute atomic E-state index is 0.0431. The lowest BCUT2D eigenvalue weighted by Gasteiger charge is -2.11. The minimum Gasteiger partial charge on any atom is -0.497 e. The fourth-order valence-corrected chi connectivity index (χ4v) is 3.98. The Morgan fingerprint density at radius 3 is 1.31 bits per heavy atom. The van der Waals surface area contributed by atoms with E-state index in [4.69, 9.17) is 24.4 Å². The summed E-state index contributed by atoms with van der Waals surface area (Å²) in [5, 5.41) is 18.0. The van der Waals surface area contributed by atoms with Crippen LogP contribution in [-0.4, -0.2) is 43.5 Å². The molecule has 0 aliphatic carbocycles. The summed E-state index contributed by atoms with van der Waals surface area (Å²) in [4.78, 5) is 21.9. The monoisotopic (exact) mass is 532 g/mol. The van der Waals surface area contributed by atoms with Crippen LogP contribution in [0, 0.1) is 5.82 Å². The van der Waals surface area contributed by atoms with Crippen molar-refractivity contribution in [3.05, 3.63) is 102 Å². The zero-order chi connectivity index (χ0) is 28.4. The molecule has 0 unspecified atom stereocenters. The summed E-state index contributed by atoms with van der Waals surface area (Å²) in [6.07, 6.45) is -0.150. The molecule has 2 N–H and O–H groups in total. The third-order valence-electron chi connectivity index (χ3n) is 5.86. The van der Waals surface area contributed by atoms with Gasteiger partial charge in [-0.25, -0.2) is 4.39 Å². The first-order chi connectivity index (χ1) is 18.7. The molecule has 0 heterocycles.